The minimum atomic E-state index is 0. The van der Waals surface area contributed by atoms with Gasteiger partial charge in [0, 0.05) is 48.8 Å². The maximum absolute atomic E-state index is 6.36. The Kier molecular flexibility index (Phi) is 14.8. The van der Waals surface area contributed by atoms with Gasteiger partial charge in [0.15, 0.2) is 0 Å². The predicted molar refractivity (Wildman–Crippen MR) is 388 cm³/mol. The van der Waals surface area contributed by atoms with Crippen molar-refractivity contribution in [2.24, 2.45) is 0 Å². The molecule has 0 atom stereocenters. The standard InChI is InChI=1S/C42H27NO.C27H18O.C16H11Br.CH4/c1-3-13-33-28(10-1)12-9-18-34(33)29-20-22-31(23-21-29)43(32-24-25-39-38-17-7-8-19-41(38)44-42(39)27-32)40-26-30-11-2-4-14-35(30)36-15-5-6-16-37(36)40;1-2-8-21-19(7-1)17-20(22-9-3-4-10-23(21)22)15-18-13-14-25-24-11-5-6-12-26(24)28-27(25)16-18;17-14-10-8-13(9-11-14)16-7-3-5-12-4-1-2-6-15(12)16;/h1-27H;1-14,16-17H,15H2;1-11H;1H4. The minimum Gasteiger partial charge on any atom is -0.456 e. The smallest absolute Gasteiger partial charge is 0.137 e. The summed E-state index contributed by atoms with van der Waals surface area (Å²) in [6.07, 6.45) is 0.887. The summed E-state index contributed by atoms with van der Waals surface area (Å²) in [5.74, 6) is 0. The molecule has 0 saturated carbocycles. The van der Waals surface area contributed by atoms with E-state index in [2.05, 4.69) is 324 Å². The zero-order valence-corrected chi connectivity index (χ0v) is 50.1. The number of hydrogen-bond donors (Lipinski definition) is 0. The molecule has 0 spiro atoms. The highest BCUT2D eigenvalue weighted by Gasteiger charge is 2.20. The maximum Gasteiger partial charge on any atom is 0.137 e. The second-order valence-corrected chi connectivity index (χ2v) is 23.7. The van der Waals surface area contributed by atoms with Crippen LogP contribution in [0.25, 0.3) is 131 Å². The molecular formula is C86H60BrNO2. The second kappa shape index (κ2) is 23.9. The molecule has 0 fully saturated rings. The molecule has 2 aromatic heterocycles. The van der Waals surface area contributed by atoms with Crippen LogP contribution in [0.3, 0.4) is 0 Å². The van der Waals surface area contributed by atoms with E-state index in [4.69, 9.17) is 8.83 Å². The lowest BCUT2D eigenvalue weighted by Crippen LogP contribution is -2.10. The Hall–Kier alpha value is -11.0. The van der Waals surface area contributed by atoms with Crippen molar-refractivity contribution in [2.75, 3.05) is 4.90 Å². The van der Waals surface area contributed by atoms with E-state index in [9.17, 15) is 0 Å². The monoisotopic (exact) mass is 1220 g/mol. The van der Waals surface area contributed by atoms with Crippen LogP contribution in [0, 0.1) is 0 Å². The lowest BCUT2D eigenvalue weighted by molar-refractivity contribution is 0.668. The third-order valence-electron chi connectivity index (χ3n) is 17.5. The molecule has 0 radical (unpaired) electrons. The summed E-state index contributed by atoms with van der Waals surface area (Å²) in [6.45, 7) is 0. The molecule has 0 saturated heterocycles. The molecule has 0 unspecified atom stereocenters. The van der Waals surface area contributed by atoms with Gasteiger partial charge in [0.05, 0.1) is 5.69 Å². The van der Waals surface area contributed by atoms with Crippen LogP contribution in [-0.2, 0) is 6.42 Å². The molecule has 16 aromatic carbocycles. The summed E-state index contributed by atoms with van der Waals surface area (Å²) in [7, 11) is 0. The van der Waals surface area contributed by atoms with Gasteiger partial charge in [0.2, 0.25) is 0 Å². The van der Waals surface area contributed by atoms with E-state index < -0.39 is 0 Å². The van der Waals surface area contributed by atoms with E-state index >= 15 is 0 Å². The number of para-hydroxylation sites is 2. The van der Waals surface area contributed by atoms with Gasteiger partial charge in [0.25, 0.3) is 0 Å². The Bertz CT molecular complexity index is 5670. The number of benzene rings is 16. The molecule has 0 amide bonds. The average molecular weight is 1220 g/mol. The van der Waals surface area contributed by atoms with E-state index in [0.717, 1.165) is 61.1 Å². The topological polar surface area (TPSA) is 29.5 Å². The Morgan fingerprint density at radius 3 is 1.24 bits per heavy atom. The molecule has 0 bridgehead atoms. The van der Waals surface area contributed by atoms with Crippen LogP contribution in [-0.4, -0.2) is 0 Å². The van der Waals surface area contributed by atoms with Gasteiger partial charge in [-0.1, -0.05) is 284 Å². The number of nitrogens with zero attached hydrogens (tertiary/aromatic N) is 1. The number of fused-ring (bicyclic) bond motifs is 14. The van der Waals surface area contributed by atoms with Gasteiger partial charge < -0.3 is 13.7 Å². The SMILES string of the molecule is Brc1ccc(-c2cccc3ccccc23)cc1.C.c1ccc2c(-c3ccc(N(c4ccc5c(c4)oc4ccccc45)c4cc5ccccc5c5ccccc45)cc3)cccc2c1.c1ccc2c(c1)cc(Cc1ccc3c(c1)oc1ccccc13)c1ccccc12. The highest BCUT2D eigenvalue weighted by Crippen LogP contribution is 2.45. The summed E-state index contributed by atoms with van der Waals surface area (Å²) >= 11 is 3.47. The first kappa shape index (κ1) is 55.5. The molecule has 428 valence electrons. The summed E-state index contributed by atoms with van der Waals surface area (Å²) in [6, 6.07) is 117. The fraction of sp³-hybridized carbons (Fsp3) is 0.0233. The molecule has 3 nitrogen and oxygen atoms in total. The molecule has 18 aromatic rings. The molecule has 0 aliphatic carbocycles. The number of rotatable bonds is 7. The Balaban J connectivity index is 0.000000125. The normalized spacial score (nSPS) is 11.3. The zero-order valence-electron chi connectivity index (χ0n) is 48.5. The van der Waals surface area contributed by atoms with E-state index in [-0.39, 0.29) is 7.43 Å². The van der Waals surface area contributed by atoms with E-state index in [1.165, 1.54) is 109 Å². The van der Waals surface area contributed by atoms with Crippen molar-refractivity contribution in [3.05, 3.63) is 343 Å². The number of furan rings is 2. The molecular weight excluding hydrogens is 1160 g/mol. The summed E-state index contributed by atoms with van der Waals surface area (Å²) in [5, 5.41) is 19.9. The largest absolute Gasteiger partial charge is 0.456 e. The van der Waals surface area contributed by atoms with Crippen LogP contribution in [0.2, 0.25) is 0 Å². The highest BCUT2D eigenvalue weighted by molar-refractivity contribution is 9.10. The van der Waals surface area contributed by atoms with Crippen LogP contribution in [0.5, 0.6) is 0 Å². The summed E-state index contributed by atoms with van der Waals surface area (Å²) in [4.78, 5) is 2.37. The van der Waals surface area contributed by atoms with Crippen LogP contribution < -0.4 is 4.90 Å². The van der Waals surface area contributed by atoms with Crippen LogP contribution in [0.1, 0.15) is 18.6 Å². The molecule has 0 N–H and O–H groups in total. The lowest BCUT2D eigenvalue weighted by atomic mass is 9.93. The van der Waals surface area contributed by atoms with Gasteiger partial charge in [-0.2, -0.15) is 0 Å². The van der Waals surface area contributed by atoms with Crippen LogP contribution >= 0.6 is 15.9 Å². The van der Waals surface area contributed by atoms with Crippen LogP contribution in [0.15, 0.2) is 341 Å². The third-order valence-corrected chi connectivity index (χ3v) is 18.0. The molecule has 0 aliphatic heterocycles. The van der Waals surface area contributed by atoms with Crippen molar-refractivity contribution in [1.82, 2.24) is 0 Å². The van der Waals surface area contributed by atoms with Gasteiger partial charge in [0.1, 0.15) is 22.3 Å². The summed E-state index contributed by atoms with van der Waals surface area (Å²) < 4.78 is 13.6. The first-order valence-electron chi connectivity index (χ1n) is 30.3. The predicted octanol–water partition coefficient (Wildman–Crippen LogP) is 25.6. The van der Waals surface area contributed by atoms with E-state index in [1.807, 2.05) is 24.3 Å². The Labute approximate surface area is 531 Å². The lowest BCUT2D eigenvalue weighted by Gasteiger charge is -2.28. The van der Waals surface area contributed by atoms with Gasteiger partial charge in [-0.3, -0.25) is 0 Å². The van der Waals surface area contributed by atoms with E-state index in [0.29, 0.717) is 0 Å². The van der Waals surface area contributed by atoms with Gasteiger partial charge in [-0.15, -0.1) is 0 Å². The minimum absolute atomic E-state index is 0. The maximum atomic E-state index is 6.36. The molecule has 18 rings (SSSR count). The fourth-order valence-electron chi connectivity index (χ4n) is 13.3. The average Bonchev–Trinajstić information content (AvgIpc) is 1.06. The molecule has 4 heteroatoms. The fourth-order valence-corrected chi connectivity index (χ4v) is 13.5. The van der Waals surface area contributed by atoms with Crippen molar-refractivity contribution in [3.8, 4) is 22.3 Å². The van der Waals surface area contributed by atoms with Crippen molar-refractivity contribution in [3.63, 3.8) is 0 Å². The van der Waals surface area contributed by atoms with Gasteiger partial charge in [-0.05, 0) is 160 Å². The van der Waals surface area contributed by atoms with Crippen molar-refractivity contribution in [2.45, 2.75) is 13.8 Å². The first-order chi connectivity index (χ1) is 44.0. The van der Waals surface area contributed by atoms with Gasteiger partial charge >= 0.3 is 0 Å². The van der Waals surface area contributed by atoms with E-state index in [1.54, 1.807) is 0 Å². The third kappa shape index (κ3) is 10.4. The van der Waals surface area contributed by atoms with Crippen LogP contribution in [0.4, 0.5) is 17.1 Å². The number of anilines is 3. The number of hydrogen-bond acceptors (Lipinski definition) is 3. The first-order valence-corrected chi connectivity index (χ1v) is 31.1. The molecule has 90 heavy (non-hydrogen) atoms. The molecule has 0 aliphatic rings. The number of halogens is 1. The Morgan fingerprint density at radius 1 is 0.267 bits per heavy atom. The van der Waals surface area contributed by atoms with Gasteiger partial charge in [-0.25, -0.2) is 0 Å². The van der Waals surface area contributed by atoms with Crippen molar-refractivity contribution in [1.29, 1.82) is 0 Å². The summed E-state index contributed by atoms with van der Waals surface area (Å²) in [5.41, 5.74) is 14.6. The Morgan fingerprint density at radius 2 is 0.667 bits per heavy atom. The zero-order chi connectivity index (χ0) is 59.2. The van der Waals surface area contributed by atoms with Crippen molar-refractivity contribution < 1.29 is 8.83 Å². The quantitative estimate of drug-likeness (QED) is 0.149. The van der Waals surface area contributed by atoms with Crippen molar-refractivity contribution >= 4 is 142 Å². The second-order valence-electron chi connectivity index (χ2n) is 22.8. The molecule has 2 heterocycles. The highest BCUT2D eigenvalue weighted by atomic mass is 79.9.